The van der Waals surface area contributed by atoms with E-state index in [4.69, 9.17) is 5.73 Å². The van der Waals surface area contributed by atoms with Crippen molar-refractivity contribution < 1.29 is 9.72 Å². The molecule has 0 aliphatic carbocycles. The van der Waals surface area contributed by atoms with Crippen LogP contribution >= 0.6 is 0 Å². The van der Waals surface area contributed by atoms with Gasteiger partial charge in [0, 0.05) is 43.8 Å². The Hall–Kier alpha value is -3.65. The van der Waals surface area contributed by atoms with E-state index in [1.165, 1.54) is 12.1 Å². The quantitative estimate of drug-likeness (QED) is 0.458. The van der Waals surface area contributed by atoms with Crippen molar-refractivity contribution in [3.05, 3.63) is 99.6 Å². The number of aromatic nitrogens is 2. The first kappa shape index (κ1) is 19.1. The number of pyridine rings is 2. The zero-order valence-electron chi connectivity index (χ0n) is 15.0. The van der Waals surface area contributed by atoms with E-state index < -0.39 is 16.9 Å². The molecule has 0 aliphatic heterocycles. The smallest absolute Gasteiger partial charge is 0.274 e. The third kappa shape index (κ3) is 4.54. The summed E-state index contributed by atoms with van der Waals surface area (Å²) in [6, 6.07) is 10.8. The number of benzene rings is 1. The zero-order valence-corrected chi connectivity index (χ0v) is 15.0. The van der Waals surface area contributed by atoms with Crippen LogP contribution in [0.2, 0.25) is 0 Å². The lowest BCUT2D eigenvalue weighted by Crippen LogP contribution is -2.34. The first-order valence-corrected chi connectivity index (χ1v) is 8.63. The third-order valence-electron chi connectivity index (χ3n) is 4.35. The number of hydrogen-bond donors (Lipinski definition) is 2. The predicted octanol–water partition coefficient (Wildman–Crippen LogP) is 2.29. The number of carbonyl (C=O) groups excluding carboxylic acids is 1. The second-order valence-electron chi connectivity index (χ2n) is 6.21. The number of nitrogens with two attached hydrogens (primary N) is 1. The van der Waals surface area contributed by atoms with Crippen LogP contribution in [-0.2, 0) is 17.8 Å². The number of nitro benzene ring substituents is 1. The fourth-order valence-corrected chi connectivity index (χ4v) is 2.98. The van der Waals surface area contributed by atoms with E-state index in [1.54, 1.807) is 36.9 Å². The summed E-state index contributed by atoms with van der Waals surface area (Å²) in [5.74, 6) is -0.683. The SMILES string of the molecule is NC(=O)C(NCc1ccncc1Cc1cccnc1)c1ccccc1[N+](=O)[O-]. The van der Waals surface area contributed by atoms with Crippen molar-refractivity contribution in [2.45, 2.75) is 19.0 Å². The Bertz CT molecular complexity index is 978. The van der Waals surface area contributed by atoms with Gasteiger partial charge in [0.05, 0.1) is 10.5 Å². The Morgan fingerprint density at radius 1 is 1.07 bits per heavy atom. The molecule has 0 radical (unpaired) electrons. The van der Waals surface area contributed by atoms with Crippen molar-refractivity contribution in [3.63, 3.8) is 0 Å². The predicted molar refractivity (Wildman–Crippen MR) is 103 cm³/mol. The van der Waals surface area contributed by atoms with Crippen LogP contribution in [0.25, 0.3) is 0 Å². The van der Waals surface area contributed by atoms with Gasteiger partial charge in [0.15, 0.2) is 0 Å². The van der Waals surface area contributed by atoms with Crippen LogP contribution in [0, 0.1) is 10.1 Å². The molecule has 0 spiro atoms. The van der Waals surface area contributed by atoms with Gasteiger partial charge >= 0.3 is 0 Å². The summed E-state index contributed by atoms with van der Waals surface area (Å²) in [7, 11) is 0. The van der Waals surface area contributed by atoms with E-state index in [1.807, 2.05) is 18.2 Å². The van der Waals surface area contributed by atoms with Gasteiger partial charge in [0.1, 0.15) is 6.04 Å². The monoisotopic (exact) mass is 377 g/mol. The van der Waals surface area contributed by atoms with Crippen LogP contribution in [0.4, 0.5) is 5.69 Å². The maximum Gasteiger partial charge on any atom is 0.274 e. The van der Waals surface area contributed by atoms with Gasteiger partial charge in [-0.1, -0.05) is 24.3 Å². The summed E-state index contributed by atoms with van der Waals surface area (Å²) >= 11 is 0. The zero-order chi connectivity index (χ0) is 19.9. The normalized spacial score (nSPS) is 11.7. The van der Waals surface area contributed by atoms with Crippen LogP contribution in [0.5, 0.6) is 0 Å². The molecule has 3 N–H and O–H groups in total. The number of hydrogen-bond acceptors (Lipinski definition) is 6. The summed E-state index contributed by atoms with van der Waals surface area (Å²) in [6.45, 7) is 0.303. The lowest BCUT2D eigenvalue weighted by atomic mass is 10.0. The number of amides is 1. The average Bonchev–Trinajstić information content (AvgIpc) is 2.70. The number of nitrogens with one attached hydrogen (secondary N) is 1. The molecule has 1 atom stereocenters. The van der Waals surface area contributed by atoms with Crippen LogP contribution in [0.3, 0.4) is 0 Å². The van der Waals surface area contributed by atoms with Gasteiger partial charge in [-0.15, -0.1) is 0 Å². The van der Waals surface area contributed by atoms with E-state index >= 15 is 0 Å². The van der Waals surface area contributed by atoms with E-state index in [2.05, 4.69) is 15.3 Å². The van der Waals surface area contributed by atoms with E-state index in [0.29, 0.717) is 13.0 Å². The van der Waals surface area contributed by atoms with Crippen molar-refractivity contribution in [2.75, 3.05) is 0 Å². The van der Waals surface area contributed by atoms with E-state index in [9.17, 15) is 14.9 Å². The first-order valence-electron chi connectivity index (χ1n) is 8.63. The highest BCUT2D eigenvalue weighted by Crippen LogP contribution is 2.25. The van der Waals surface area contributed by atoms with Crippen LogP contribution in [0.1, 0.15) is 28.3 Å². The average molecular weight is 377 g/mol. The summed E-state index contributed by atoms with van der Waals surface area (Å²) in [5.41, 5.74) is 8.52. The van der Waals surface area contributed by atoms with Gasteiger partial charge in [-0.2, -0.15) is 0 Å². The summed E-state index contributed by atoms with van der Waals surface area (Å²) < 4.78 is 0. The molecule has 1 amide bonds. The highest BCUT2D eigenvalue weighted by atomic mass is 16.6. The van der Waals surface area contributed by atoms with Crippen LogP contribution in [-0.4, -0.2) is 20.8 Å². The first-order chi connectivity index (χ1) is 13.6. The highest BCUT2D eigenvalue weighted by Gasteiger charge is 2.25. The lowest BCUT2D eigenvalue weighted by molar-refractivity contribution is -0.385. The van der Waals surface area contributed by atoms with Crippen molar-refractivity contribution in [2.24, 2.45) is 5.73 Å². The second-order valence-corrected chi connectivity index (χ2v) is 6.21. The molecule has 0 bridgehead atoms. The van der Waals surface area contributed by atoms with E-state index in [0.717, 1.165) is 16.7 Å². The molecule has 3 rings (SSSR count). The van der Waals surface area contributed by atoms with Gasteiger partial charge in [-0.3, -0.25) is 30.2 Å². The van der Waals surface area contributed by atoms with Gasteiger partial charge in [0.2, 0.25) is 5.91 Å². The lowest BCUT2D eigenvalue weighted by Gasteiger charge is -2.17. The highest BCUT2D eigenvalue weighted by molar-refractivity contribution is 5.82. The molecular weight excluding hydrogens is 358 g/mol. The minimum absolute atomic E-state index is 0.149. The molecule has 0 saturated heterocycles. The Kier molecular flexibility index (Phi) is 6.03. The van der Waals surface area contributed by atoms with Crippen LogP contribution in [0.15, 0.2) is 67.3 Å². The maximum absolute atomic E-state index is 12.0. The molecule has 142 valence electrons. The number of primary amides is 1. The molecule has 2 aromatic heterocycles. The number of rotatable bonds is 8. The minimum atomic E-state index is -0.985. The molecule has 28 heavy (non-hydrogen) atoms. The van der Waals surface area contributed by atoms with Crippen LogP contribution < -0.4 is 11.1 Å². The van der Waals surface area contributed by atoms with Crippen molar-refractivity contribution in [1.29, 1.82) is 0 Å². The minimum Gasteiger partial charge on any atom is -0.368 e. The molecule has 8 heteroatoms. The van der Waals surface area contributed by atoms with Crippen molar-refractivity contribution in [3.8, 4) is 0 Å². The van der Waals surface area contributed by atoms with Gasteiger partial charge in [-0.25, -0.2) is 0 Å². The van der Waals surface area contributed by atoms with E-state index in [-0.39, 0.29) is 11.3 Å². The van der Waals surface area contributed by atoms with Gasteiger partial charge < -0.3 is 5.73 Å². The Balaban J connectivity index is 1.82. The van der Waals surface area contributed by atoms with Gasteiger partial charge in [0.25, 0.3) is 5.69 Å². The van der Waals surface area contributed by atoms with Crippen molar-refractivity contribution in [1.82, 2.24) is 15.3 Å². The largest absolute Gasteiger partial charge is 0.368 e. The summed E-state index contributed by atoms with van der Waals surface area (Å²) in [4.78, 5) is 31.0. The molecule has 0 saturated carbocycles. The second kappa shape index (κ2) is 8.83. The molecule has 3 aromatic rings. The Morgan fingerprint density at radius 3 is 2.57 bits per heavy atom. The fourth-order valence-electron chi connectivity index (χ4n) is 2.98. The van der Waals surface area contributed by atoms with Gasteiger partial charge in [-0.05, 0) is 28.8 Å². The molecule has 2 heterocycles. The topological polar surface area (TPSA) is 124 Å². The third-order valence-corrected chi connectivity index (χ3v) is 4.35. The molecule has 0 fully saturated rings. The number of nitro groups is 1. The standard InChI is InChI=1S/C20H19N5O3/c21-20(26)19(17-5-1-2-6-18(17)25(27)28)24-13-15-7-9-23-12-16(15)10-14-4-3-8-22-11-14/h1-9,11-12,19,24H,10,13H2,(H2,21,26). The number of carbonyl (C=O) groups is 1. The maximum atomic E-state index is 12.0. The Morgan fingerprint density at radius 2 is 1.86 bits per heavy atom. The molecule has 0 aliphatic rings. The summed E-state index contributed by atoms with van der Waals surface area (Å²) in [6.07, 6.45) is 7.54. The molecule has 8 nitrogen and oxygen atoms in total. The number of nitrogens with zero attached hydrogens (tertiary/aromatic N) is 3. The molecule has 1 unspecified atom stereocenters. The summed E-state index contributed by atoms with van der Waals surface area (Å²) in [5, 5.41) is 14.3. The molecular formula is C20H19N5O3. The van der Waals surface area contributed by atoms with Crippen molar-refractivity contribution >= 4 is 11.6 Å². The Labute approximate surface area is 161 Å². The fraction of sp³-hybridized carbons (Fsp3) is 0.150. The molecule has 1 aromatic carbocycles. The number of para-hydroxylation sites is 1.